The fraction of sp³-hybridized carbons (Fsp3) is 0.517. The van der Waals surface area contributed by atoms with Crippen molar-refractivity contribution < 1.29 is 23.8 Å². The number of ether oxygens (including phenoxy) is 3. The lowest BCUT2D eigenvalue weighted by molar-refractivity contribution is -0.142. The SMILES string of the molecule is CCOC(=O)Cc1c(C)cccc1OC1CC2(CCN(C(=O)OCC(C)C)CC2)c2ccc(Br)cc21. The molecule has 0 N–H and O–H groups in total. The van der Waals surface area contributed by atoms with E-state index >= 15 is 0 Å². The van der Waals surface area contributed by atoms with Gasteiger partial charge in [0.25, 0.3) is 0 Å². The molecule has 6 nitrogen and oxygen atoms in total. The second-order valence-electron chi connectivity index (χ2n) is 10.3. The maximum Gasteiger partial charge on any atom is 0.409 e. The molecule has 36 heavy (non-hydrogen) atoms. The quantitative estimate of drug-likeness (QED) is 0.363. The van der Waals surface area contributed by atoms with Crippen molar-refractivity contribution in [2.45, 2.75) is 64.9 Å². The molecule has 1 saturated heterocycles. The second-order valence-corrected chi connectivity index (χ2v) is 11.2. The van der Waals surface area contributed by atoms with Gasteiger partial charge in [-0.3, -0.25) is 4.79 Å². The summed E-state index contributed by atoms with van der Waals surface area (Å²) in [6.45, 7) is 10.0. The van der Waals surface area contributed by atoms with Gasteiger partial charge < -0.3 is 19.1 Å². The second kappa shape index (κ2) is 11.2. The van der Waals surface area contributed by atoms with E-state index in [0.29, 0.717) is 32.2 Å². The Morgan fingerprint density at radius 2 is 1.89 bits per heavy atom. The van der Waals surface area contributed by atoms with Gasteiger partial charge in [-0.1, -0.05) is 48.0 Å². The van der Waals surface area contributed by atoms with Gasteiger partial charge in [0.1, 0.15) is 11.9 Å². The highest BCUT2D eigenvalue weighted by molar-refractivity contribution is 9.10. The zero-order chi connectivity index (χ0) is 25.9. The van der Waals surface area contributed by atoms with Crippen molar-refractivity contribution in [3.05, 3.63) is 63.1 Å². The molecule has 1 amide bonds. The summed E-state index contributed by atoms with van der Waals surface area (Å²) in [4.78, 5) is 26.7. The van der Waals surface area contributed by atoms with Crippen molar-refractivity contribution in [2.75, 3.05) is 26.3 Å². The Hall–Kier alpha value is -2.54. The van der Waals surface area contributed by atoms with Crippen LogP contribution in [0.25, 0.3) is 0 Å². The Morgan fingerprint density at radius 3 is 2.58 bits per heavy atom. The molecule has 1 fully saturated rings. The number of aryl methyl sites for hydroxylation is 1. The van der Waals surface area contributed by atoms with Gasteiger partial charge in [0.15, 0.2) is 0 Å². The highest BCUT2D eigenvalue weighted by Crippen LogP contribution is 2.53. The van der Waals surface area contributed by atoms with Gasteiger partial charge in [0.2, 0.25) is 0 Å². The molecule has 194 valence electrons. The highest BCUT2D eigenvalue weighted by atomic mass is 79.9. The first-order valence-electron chi connectivity index (χ1n) is 12.8. The first-order valence-corrected chi connectivity index (χ1v) is 13.6. The van der Waals surface area contributed by atoms with Gasteiger partial charge >= 0.3 is 12.1 Å². The Labute approximate surface area is 222 Å². The number of esters is 1. The minimum Gasteiger partial charge on any atom is -0.485 e. The summed E-state index contributed by atoms with van der Waals surface area (Å²) in [5, 5.41) is 0. The summed E-state index contributed by atoms with van der Waals surface area (Å²) in [5.41, 5.74) is 4.29. The van der Waals surface area contributed by atoms with Gasteiger partial charge in [0, 0.05) is 28.5 Å². The third-order valence-corrected chi connectivity index (χ3v) is 7.78. The molecule has 0 aromatic heterocycles. The molecule has 2 aromatic rings. The number of likely N-dealkylation sites (tertiary alicyclic amines) is 1. The number of hydrogen-bond donors (Lipinski definition) is 0. The van der Waals surface area contributed by atoms with Crippen LogP contribution in [0, 0.1) is 12.8 Å². The Morgan fingerprint density at radius 1 is 1.14 bits per heavy atom. The Bertz CT molecular complexity index is 1110. The van der Waals surface area contributed by atoms with Crippen LogP contribution in [0.15, 0.2) is 40.9 Å². The van der Waals surface area contributed by atoms with Gasteiger partial charge in [-0.25, -0.2) is 4.79 Å². The lowest BCUT2D eigenvalue weighted by Crippen LogP contribution is -2.45. The Balaban J connectivity index is 1.55. The number of nitrogens with zero attached hydrogens (tertiary/aromatic N) is 1. The zero-order valence-electron chi connectivity index (χ0n) is 21.6. The smallest absolute Gasteiger partial charge is 0.409 e. The maximum absolute atomic E-state index is 12.5. The molecule has 1 spiro atoms. The summed E-state index contributed by atoms with van der Waals surface area (Å²) in [6, 6.07) is 12.3. The summed E-state index contributed by atoms with van der Waals surface area (Å²) in [5.74, 6) is 0.795. The molecule has 0 radical (unpaired) electrons. The predicted molar refractivity (Wildman–Crippen MR) is 142 cm³/mol. The monoisotopic (exact) mass is 557 g/mol. The average Bonchev–Trinajstić information content (AvgIpc) is 3.12. The van der Waals surface area contributed by atoms with E-state index in [1.165, 1.54) is 11.1 Å². The molecule has 7 heteroatoms. The summed E-state index contributed by atoms with van der Waals surface area (Å²) < 4.78 is 18.4. The molecule has 1 atom stereocenters. The van der Waals surface area contributed by atoms with E-state index in [-0.39, 0.29) is 30.0 Å². The van der Waals surface area contributed by atoms with Crippen LogP contribution in [0.3, 0.4) is 0 Å². The number of halogens is 1. The molecular weight excluding hydrogens is 522 g/mol. The van der Waals surface area contributed by atoms with Crippen LogP contribution in [-0.4, -0.2) is 43.3 Å². The van der Waals surface area contributed by atoms with Crippen molar-refractivity contribution in [2.24, 2.45) is 5.92 Å². The number of amides is 1. The molecular formula is C29H36BrNO5. The molecule has 1 heterocycles. The van der Waals surface area contributed by atoms with Gasteiger partial charge in [-0.2, -0.15) is 0 Å². The lowest BCUT2D eigenvalue weighted by atomic mass is 9.74. The van der Waals surface area contributed by atoms with Crippen LogP contribution < -0.4 is 4.74 Å². The van der Waals surface area contributed by atoms with Gasteiger partial charge in [-0.15, -0.1) is 0 Å². The average molecular weight is 559 g/mol. The summed E-state index contributed by atoms with van der Waals surface area (Å²) in [7, 11) is 0. The van der Waals surface area contributed by atoms with E-state index in [0.717, 1.165) is 40.6 Å². The highest BCUT2D eigenvalue weighted by Gasteiger charge is 2.47. The van der Waals surface area contributed by atoms with Gasteiger partial charge in [0.05, 0.1) is 19.6 Å². The van der Waals surface area contributed by atoms with Crippen molar-refractivity contribution in [1.82, 2.24) is 4.90 Å². The summed E-state index contributed by atoms with van der Waals surface area (Å²) >= 11 is 3.64. The fourth-order valence-corrected chi connectivity index (χ4v) is 5.78. The molecule has 1 aliphatic carbocycles. The fourth-order valence-electron chi connectivity index (χ4n) is 5.40. The molecule has 1 aliphatic heterocycles. The Kier molecular flexibility index (Phi) is 8.28. The standard InChI is InChI=1S/C29H36BrNO5/c1-5-34-27(32)16-22-20(4)7-6-8-25(22)36-26-17-29(24-10-9-21(30)15-23(24)26)11-13-31(14-12-29)28(33)35-18-19(2)3/h6-10,15,19,26H,5,11-14,16-18H2,1-4H3. The first kappa shape index (κ1) is 26.5. The topological polar surface area (TPSA) is 65.1 Å². The van der Waals surface area contributed by atoms with Crippen molar-refractivity contribution in [3.63, 3.8) is 0 Å². The molecule has 2 aromatic carbocycles. The number of benzene rings is 2. The third kappa shape index (κ3) is 5.72. The number of hydrogen-bond acceptors (Lipinski definition) is 5. The predicted octanol–water partition coefficient (Wildman–Crippen LogP) is 6.51. The van der Waals surface area contributed by atoms with E-state index < -0.39 is 0 Å². The largest absolute Gasteiger partial charge is 0.485 e. The minimum atomic E-state index is -0.251. The first-order chi connectivity index (χ1) is 17.2. The van der Waals surface area contributed by atoms with Crippen LogP contribution in [0.2, 0.25) is 0 Å². The van der Waals surface area contributed by atoms with Crippen LogP contribution in [0.4, 0.5) is 4.79 Å². The van der Waals surface area contributed by atoms with Gasteiger partial charge in [-0.05, 0) is 73.9 Å². The number of fused-ring (bicyclic) bond motifs is 2. The van der Waals surface area contributed by atoms with Crippen molar-refractivity contribution in [1.29, 1.82) is 0 Å². The van der Waals surface area contributed by atoms with Crippen LogP contribution in [0.5, 0.6) is 5.75 Å². The van der Waals surface area contributed by atoms with E-state index in [1.54, 1.807) is 0 Å². The lowest BCUT2D eigenvalue weighted by Gasteiger charge is -2.39. The van der Waals surface area contributed by atoms with Crippen molar-refractivity contribution >= 4 is 28.0 Å². The summed E-state index contributed by atoms with van der Waals surface area (Å²) in [6.07, 6.45) is 2.39. The third-order valence-electron chi connectivity index (χ3n) is 7.29. The van der Waals surface area contributed by atoms with E-state index in [9.17, 15) is 9.59 Å². The molecule has 0 bridgehead atoms. The molecule has 1 unspecified atom stereocenters. The molecule has 0 saturated carbocycles. The number of piperidine rings is 1. The maximum atomic E-state index is 12.5. The molecule has 2 aliphatic rings. The number of carbonyl (C=O) groups excluding carboxylic acids is 2. The minimum absolute atomic E-state index is 0.0549. The van der Waals surface area contributed by atoms with Crippen LogP contribution in [0.1, 0.15) is 68.4 Å². The molecule has 4 rings (SSSR count). The number of carbonyl (C=O) groups is 2. The van der Waals surface area contributed by atoms with E-state index in [4.69, 9.17) is 14.2 Å². The van der Waals surface area contributed by atoms with E-state index in [2.05, 4.69) is 34.1 Å². The van der Waals surface area contributed by atoms with Crippen LogP contribution >= 0.6 is 15.9 Å². The van der Waals surface area contributed by atoms with E-state index in [1.807, 2.05) is 50.8 Å². The number of rotatable bonds is 7. The zero-order valence-corrected chi connectivity index (χ0v) is 23.2. The van der Waals surface area contributed by atoms with Crippen LogP contribution in [-0.2, 0) is 26.1 Å². The van der Waals surface area contributed by atoms with Crippen molar-refractivity contribution in [3.8, 4) is 5.75 Å². The normalized spacial score (nSPS) is 18.3.